The second-order valence-electron chi connectivity index (χ2n) is 9.15. The second kappa shape index (κ2) is 6.65. The Morgan fingerprint density at radius 3 is 2.59 bits per heavy atom. The summed E-state index contributed by atoms with van der Waals surface area (Å²) in [7, 11) is 0. The van der Waals surface area contributed by atoms with Gasteiger partial charge in [0.15, 0.2) is 5.78 Å². The first-order chi connectivity index (χ1) is 12.5. The highest BCUT2D eigenvalue weighted by Crippen LogP contribution is 2.48. The first-order valence-electron chi connectivity index (χ1n) is 9.48. The monoisotopic (exact) mass is 382 g/mol. The van der Waals surface area contributed by atoms with E-state index >= 15 is 0 Å². The minimum Gasteiger partial charge on any atom is -0.341 e. The van der Waals surface area contributed by atoms with E-state index in [-0.39, 0.29) is 47.9 Å². The van der Waals surface area contributed by atoms with Crippen molar-refractivity contribution in [3.8, 4) is 6.07 Å². The molecule has 0 aromatic heterocycles. The lowest BCUT2D eigenvalue weighted by Crippen LogP contribution is -2.61. The molecule has 2 unspecified atom stereocenters. The lowest BCUT2D eigenvalue weighted by molar-refractivity contribution is -0.186. The Balaban J connectivity index is 1.60. The Morgan fingerprint density at radius 1 is 1.33 bits per heavy atom. The quantitative estimate of drug-likeness (QED) is 0.725. The summed E-state index contributed by atoms with van der Waals surface area (Å²) >= 11 is 0. The number of nitriles is 1. The molecule has 0 aromatic rings. The molecule has 3 aliphatic rings. The third kappa shape index (κ3) is 3.90. The number of ketones is 1. The van der Waals surface area contributed by atoms with E-state index in [1.54, 1.807) is 11.0 Å². The lowest BCUT2D eigenvalue weighted by Gasteiger charge is -2.53. The number of hydrogen-bond donors (Lipinski definition) is 0. The largest absolute Gasteiger partial charge is 0.391 e. The van der Waals surface area contributed by atoms with Gasteiger partial charge in [0, 0.05) is 30.3 Å². The summed E-state index contributed by atoms with van der Waals surface area (Å²) in [5, 5.41) is 9.22. The fourth-order valence-corrected chi connectivity index (χ4v) is 5.07. The highest BCUT2D eigenvalue weighted by atomic mass is 19.4. The second-order valence-corrected chi connectivity index (χ2v) is 9.15. The molecule has 148 valence electrons. The van der Waals surface area contributed by atoms with Gasteiger partial charge in [0.2, 0.25) is 5.91 Å². The zero-order valence-electron chi connectivity index (χ0n) is 15.7. The van der Waals surface area contributed by atoms with Crippen molar-refractivity contribution >= 4 is 11.7 Å². The van der Waals surface area contributed by atoms with Crippen LogP contribution in [0.15, 0.2) is 11.6 Å². The van der Waals surface area contributed by atoms with Crippen molar-refractivity contribution in [3.05, 3.63) is 11.6 Å². The van der Waals surface area contributed by atoms with Gasteiger partial charge >= 0.3 is 6.18 Å². The molecule has 1 aliphatic heterocycles. The van der Waals surface area contributed by atoms with E-state index in [1.165, 1.54) is 0 Å². The molecule has 0 radical (unpaired) electrons. The molecule has 27 heavy (non-hydrogen) atoms. The molecule has 1 amide bonds. The standard InChI is InChI=1S/C20H25F3N2O2/c1-18(2)10-19(8-14(9-24)17(18)27)11-25(12-19)16(26)7-13-4-3-5-15(6-13)20(21,22)23/h8,13,15H,3-7,10-12H2,1-2H3. The summed E-state index contributed by atoms with van der Waals surface area (Å²) in [6.07, 6.45) is -0.382. The van der Waals surface area contributed by atoms with Gasteiger partial charge in [0.25, 0.3) is 0 Å². The van der Waals surface area contributed by atoms with Crippen molar-refractivity contribution in [1.29, 1.82) is 5.26 Å². The number of amides is 1. The minimum absolute atomic E-state index is 0.0360. The molecule has 4 nitrogen and oxygen atoms in total. The molecule has 0 bridgehead atoms. The maximum Gasteiger partial charge on any atom is 0.391 e. The van der Waals surface area contributed by atoms with E-state index in [0.29, 0.717) is 32.4 Å². The topological polar surface area (TPSA) is 61.2 Å². The van der Waals surface area contributed by atoms with Crippen molar-refractivity contribution in [2.45, 2.75) is 58.5 Å². The highest BCUT2D eigenvalue weighted by molar-refractivity contribution is 6.03. The zero-order valence-corrected chi connectivity index (χ0v) is 15.7. The maximum atomic E-state index is 12.9. The predicted octanol–water partition coefficient (Wildman–Crippen LogP) is 4.02. The van der Waals surface area contributed by atoms with Crippen molar-refractivity contribution in [1.82, 2.24) is 4.90 Å². The van der Waals surface area contributed by atoms with Gasteiger partial charge in [-0.1, -0.05) is 26.3 Å². The van der Waals surface area contributed by atoms with Gasteiger partial charge in [-0.15, -0.1) is 0 Å². The number of carbonyl (C=O) groups excluding carboxylic acids is 2. The van der Waals surface area contributed by atoms with Crippen LogP contribution >= 0.6 is 0 Å². The van der Waals surface area contributed by atoms with Crippen LogP contribution in [0.1, 0.15) is 52.4 Å². The van der Waals surface area contributed by atoms with Gasteiger partial charge in [0.1, 0.15) is 6.07 Å². The van der Waals surface area contributed by atoms with Crippen LogP contribution in [0.25, 0.3) is 0 Å². The van der Waals surface area contributed by atoms with Crippen molar-refractivity contribution in [2.24, 2.45) is 22.7 Å². The van der Waals surface area contributed by atoms with E-state index < -0.39 is 17.5 Å². The molecule has 0 N–H and O–H groups in total. The summed E-state index contributed by atoms with van der Waals surface area (Å²) in [5.74, 6) is -1.79. The van der Waals surface area contributed by atoms with Crippen LogP contribution in [0.5, 0.6) is 0 Å². The third-order valence-electron chi connectivity index (χ3n) is 6.30. The van der Waals surface area contributed by atoms with E-state index in [2.05, 4.69) is 0 Å². The van der Waals surface area contributed by atoms with E-state index in [9.17, 15) is 28.0 Å². The maximum absolute atomic E-state index is 12.9. The summed E-state index contributed by atoms with van der Waals surface area (Å²) in [6, 6.07) is 1.96. The van der Waals surface area contributed by atoms with Gasteiger partial charge in [-0.05, 0) is 31.6 Å². The molecular weight excluding hydrogens is 357 g/mol. The van der Waals surface area contributed by atoms with Crippen LogP contribution in [0.2, 0.25) is 0 Å². The number of alkyl halides is 3. The minimum atomic E-state index is -4.18. The van der Waals surface area contributed by atoms with Crippen molar-refractivity contribution in [2.75, 3.05) is 13.1 Å². The van der Waals surface area contributed by atoms with Crippen LogP contribution < -0.4 is 0 Å². The molecule has 3 rings (SSSR count). The molecular formula is C20H25F3N2O2. The van der Waals surface area contributed by atoms with Gasteiger partial charge in [-0.25, -0.2) is 0 Å². The van der Waals surface area contributed by atoms with Gasteiger partial charge < -0.3 is 4.90 Å². The summed E-state index contributed by atoms with van der Waals surface area (Å²) in [4.78, 5) is 26.4. The van der Waals surface area contributed by atoms with Gasteiger partial charge in [-0.3, -0.25) is 9.59 Å². The number of carbonyl (C=O) groups is 2. The van der Waals surface area contributed by atoms with Crippen LogP contribution in [-0.4, -0.2) is 35.9 Å². The Kier molecular flexibility index (Phi) is 4.90. The fraction of sp³-hybridized carbons (Fsp3) is 0.750. The van der Waals surface area contributed by atoms with Gasteiger partial charge in [-0.2, -0.15) is 18.4 Å². The zero-order chi connectivity index (χ0) is 20.0. The summed E-state index contributed by atoms with van der Waals surface area (Å²) in [5.41, 5.74) is -0.851. The normalized spacial score (nSPS) is 29.7. The molecule has 1 spiro atoms. The third-order valence-corrected chi connectivity index (χ3v) is 6.30. The Hall–Kier alpha value is -1.84. The molecule has 2 fully saturated rings. The lowest BCUT2D eigenvalue weighted by atomic mass is 9.61. The van der Waals surface area contributed by atoms with Crippen LogP contribution in [0.4, 0.5) is 13.2 Å². The summed E-state index contributed by atoms with van der Waals surface area (Å²) in [6.45, 7) is 4.49. The van der Waals surface area contributed by atoms with Gasteiger partial charge in [0.05, 0.1) is 11.5 Å². The molecule has 7 heteroatoms. The number of hydrogen-bond acceptors (Lipinski definition) is 3. The number of likely N-dealkylation sites (tertiary alicyclic amines) is 1. The number of allylic oxidation sites excluding steroid dienone is 1. The Bertz CT molecular complexity index is 712. The summed E-state index contributed by atoms with van der Waals surface area (Å²) < 4.78 is 38.8. The Labute approximate surface area is 157 Å². The van der Waals surface area contributed by atoms with E-state index in [4.69, 9.17) is 0 Å². The SMILES string of the molecule is CC1(C)CC2(C=C(C#N)C1=O)CN(C(=O)CC1CCCC(C(F)(F)F)C1)C2. The van der Waals surface area contributed by atoms with Crippen LogP contribution in [0, 0.1) is 34.0 Å². The number of Topliss-reactive ketones (excluding diaryl/α,β-unsaturated/α-hetero) is 1. The number of nitrogens with zero attached hydrogens (tertiary/aromatic N) is 2. The van der Waals surface area contributed by atoms with Crippen molar-refractivity contribution in [3.63, 3.8) is 0 Å². The molecule has 1 saturated carbocycles. The molecule has 2 atom stereocenters. The smallest absolute Gasteiger partial charge is 0.341 e. The van der Waals surface area contributed by atoms with Crippen LogP contribution in [-0.2, 0) is 9.59 Å². The van der Waals surface area contributed by atoms with Crippen molar-refractivity contribution < 1.29 is 22.8 Å². The molecule has 2 aliphatic carbocycles. The molecule has 0 aromatic carbocycles. The highest BCUT2D eigenvalue weighted by Gasteiger charge is 2.52. The average Bonchev–Trinajstić information content (AvgIpc) is 2.54. The number of halogens is 3. The Morgan fingerprint density at radius 2 is 2.00 bits per heavy atom. The van der Waals surface area contributed by atoms with Crippen LogP contribution in [0.3, 0.4) is 0 Å². The first-order valence-corrected chi connectivity index (χ1v) is 9.48. The van der Waals surface area contributed by atoms with E-state index in [0.717, 1.165) is 0 Å². The average molecular weight is 382 g/mol. The number of rotatable bonds is 2. The first kappa shape index (κ1) is 19.9. The predicted molar refractivity (Wildman–Crippen MR) is 92.2 cm³/mol. The fourth-order valence-electron chi connectivity index (χ4n) is 5.07. The molecule has 1 heterocycles. The van der Waals surface area contributed by atoms with E-state index in [1.807, 2.05) is 19.9 Å². The molecule has 1 saturated heterocycles.